The molecule has 0 aromatic rings. The van der Waals surface area contributed by atoms with Crippen LogP contribution in [0.3, 0.4) is 0 Å². The van der Waals surface area contributed by atoms with Crippen LogP contribution in [0, 0.1) is 0 Å². The average Bonchev–Trinajstić information content (AvgIpc) is 2.77. The van der Waals surface area contributed by atoms with E-state index in [1.165, 1.54) is 6.92 Å². The fourth-order valence-corrected chi connectivity index (χ4v) is 1.60. The fraction of sp³-hybridized carbons (Fsp3) is 0.615. The Labute approximate surface area is 103 Å². The molecule has 4 nitrogen and oxygen atoms in total. The Hall–Kier alpha value is -1.13. The van der Waals surface area contributed by atoms with Crippen LogP contribution in [-0.4, -0.2) is 25.4 Å². The number of amides is 1. The molecule has 0 aromatic carbocycles. The third kappa shape index (κ3) is 6.92. The predicted molar refractivity (Wildman–Crippen MR) is 66.3 cm³/mol. The third-order valence-electron chi connectivity index (χ3n) is 2.47. The molecule has 0 aliphatic carbocycles. The van der Waals surface area contributed by atoms with E-state index in [0.29, 0.717) is 13.2 Å². The summed E-state index contributed by atoms with van der Waals surface area (Å²) in [5.74, 6) is -0.0533. The molecule has 0 unspecified atom stereocenters. The second kappa shape index (κ2) is 8.03. The Morgan fingerprint density at radius 2 is 2.18 bits per heavy atom. The van der Waals surface area contributed by atoms with Gasteiger partial charge in [-0.3, -0.25) is 4.79 Å². The van der Waals surface area contributed by atoms with Crippen LogP contribution in [0.15, 0.2) is 24.4 Å². The van der Waals surface area contributed by atoms with Gasteiger partial charge < -0.3 is 14.8 Å². The molecule has 1 heterocycles. The van der Waals surface area contributed by atoms with Crippen molar-refractivity contribution in [2.45, 2.75) is 38.9 Å². The minimum Gasteiger partial charge on any atom is -0.350 e. The van der Waals surface area contributed by atoms with Gasteiger partial charge in [0.15, 0.2) is 6.29 Å². The van der Waals surface area contributed by atoms with Crippen molar-refractivity contribution in [3.8, 4) is 0 Å². The molecule has 0 spiro atoms. The van der Waals surface area contributed by atoms with E-state index >= 15 is 0 Å². The first-order valence-corrected chi connectivity index (χ1v) is 6.00. The van der Waals surface area contributed by atoms with Crippen LogP contribution in [0.2, 0.25) is 0 Å². The van der Waals surface area contributed by atoms with Crippen molar-refractivity contribution >= 4 is 5.91 Å². The maximum Gasteiger partial charge on any atom is 0.220 e. The van der Waals surface area contributed by atoms with E-state index in [-0.39, 0.29) is 12.2 Å². The van der Waals surface area contributed by atoms with Crippen LogP contribution < -0.4 is 5.32 Å². The van der Waals surface area contributed by atoms with E-state index in [2.05, 4.69) is 11.9 Å². The number of carbonyl (C=O) groups is 1. The molecule has 1 fully saturated rings. The fourth-order valence-electron chi connectivity index (χ4n) is 1.60. The Morgan fingerprint density at radius 1 is 1.47 bits per heavy atom. The zero-order valence-corrected chi connectivity index (χ0v) is 10.4. The molecule has 1 aliphatic heterocycles. The monoisotopic (exact) mass is 239 g/mol. The Morgan fingerprint density at radius 3 is 2.82 bits per heavy atom. The average molecular weight is 239 g/mol. The van der Waals surface area contributed by atoms with E-state index < -0.39 is 0 Å². The van der Waals surface area contributed by atoms with Gasteiger partial charge in [-0.25, -0.2) is 0 Å². The quantitative estimate of drug-likeness (QED) is 0.692. The molecule has 1 rings (SSSR count). The molecule has 0 saturated carbocycles. The van der Waals surface area contributed by atoms with E-state index in [4.69, 9.17) is 9.47 Å². The molecule has 96 valence electrons. The van der Waals surface area contributed by atoms with Crippen LogP contribution in [0.4, 0.5) is 0 Å². The second-order valence-corrected chi connectivity index (χ2v) is 4.12. The highest BCUT2D eigenvalue weighted by molar-refractivity contribution is 5.73. The lowest BCUT2D eigenvalue weighted by Crippen LogP contribution is -2.11. The number of carbonyl (C=O) groups excluding carboxylic acids is 1. The maximum absolute atomic E-state index is 10.6. The number of ether oxygens (including phenoxy) is 2. The third-order valence-corrected chi connectivity index (χ3v) is 2.47. The lowest BCUT2D eigenvalue weighted by Gasteiger charge is -2.08. The van der Waals surface area contributed by atoms with Gasteiger partial charge in [-0.2, -0.15) is 0 Å². The van der Waals surface area contributed by atoms with Crippen LogP contribution in [-0.2, 0) is 14.3 Å². The number of hydrogen-bond acceptors (Lipinski definition) is 3. The topological polar surface area (TPSA) is 47.6 Å². The van der Waals surface area contributed by atoms with Crippen molar-refractivity contribution in [1.82, 2.24) is 5.32 Å². The van der Waals surface area contributed by atoms with Crippen molar-refractivity contribution in [3.63, 3.8) is 0 Å². The van der Waals surface area contributed by atoms with Gasteiger partial charge in [0, 0.05) is 13.1 Å². The molecule has 0 bridgehead atoms. The molecule has 17 heavy (non-hydrogen) atoms. The van der Waals surface area contributed by atoms with Crippen LogP contribution in [0.25, 0.3) is 0 Å². The lowest BCUT2D eigenvalue weighted by atomic mass is 10.1. The summed E-state index contributed by atoms with van der Waals surface area (Å²) in [6.07, 6.45) is 7.27. The smallest absolute Gasteiger partial charge is 0.220 e. The number of hydrogen-bond donors (Lipinski definition) is 1. The molecule has 1 saturated heterocycles. The standard InChI is InChI=1S/C13H21NO3/c1-11(6-4-8-14-12(2)15)5-3-7-13-16-9-10-17-13/h4,8,13H,1,3,5-7,9-10H2,2H3,(H,14,15)/b8-4+. The molecule has 1 amide bonds. The minimum atomic E-state index is -0.0533. The summed E-state index contributed by atoms with van der Waals surface area (Å²) >= 11 is 0. The zero-order valence-electron chi connectivity index (χ0n) is 10.4. The summed E-state index contributed by atoms with van der Waals surface area (Å²) in [5, 5.41) is 2.60. The van der Waals surface area contributed by atoms with Crippen molar-refractivity contribution in [3.05, 3.63) is 24.4 Å². The van der Waals surface area contributed by atoms with Gasteiger partial charge in [-0.1, -0.05) is 18.2 Å². The molecular formula is C13H21NO3. The van der Waals surface area contributed by atoms with Crippen molar-refractivity contribution < 1.29 is 14.3 Å². The Bertz CT molecular complexity index is 280. The predicted octanol–water partition coefficient (Wildman–Crippen LogP) is 2.13. The normalized spacial score (nSPS) is 16.5. The molecular weight excluding hydrogens is 218 g/mol. The summed E-state index contributed by atoms with van der Waals surface area (Å²) in [7, 11) is 0. The van der Waals surface area contributed by atoms with Gasteiger partial charge in [0.1, 0.15) is 0 Å². The van der Waals surface area contributed by atoms with Crippen LogP contribution >= 0.6 is 0 Å². The summed E-state index contributed by atoms with van der Waals surface area (Å²) in [6.45, 7) is 6.90. The van der Waals surface area contributed by atoms with Crippen LogP contribution in [0.5, 0.6) is 0 Å². The van der Waals surface area contributed by atoms with E-state index in [1.54, 1.807) is 6.20 Å². The summed E-state index contributed by atoms with van der Waals surface area (Å²) in [6, 6.07) is 0. The van der Waals surface area contributed by atoms with Crippen molar-refractivity contribution in [2.75, 3.05) is 13.2 Å². The van der Waals surface area contributed by atoms with E-state index in [0.717, 1.165) is 31.3 Å². The molecule has 1 aliphatic rings. The van der Waals surface area contributed by atoms with Crippen LogP contribution in [0.1, 0.15) is 32.6 Å². The number of nitrogens with one attached hydrogen (secondary N) is 1. The first-order valence-electron chi connectivity index (χ1n) is 6.00. The first kappa shape index (κ1) is 13.9. The van der Waals surface area contributed by atoms with E-state index in [9.17, 15) is 4.79 Å². The van der Waals surface area contributed by atoms with Crippen molar-refractivity contribution in [1.29, 1.82) is 0 Å². The molecule has 0 aromatic heterocycles. The summed E-state index contributed by atoms with van der Waals surface area (Å²) in [4.78, 5) is 10.6. The molecule has 1 N–H and O–H groups in total. The van der Waals surface area contributed by atoms with Gasteiger partial charge in [0.25, 0.3) is 0 Å². The molecule has 0 radical (unpaired) electrons. The van der Waals surface area contributed by atoms with Gasteiger partial charge in [-0.05, 0) is 25.7 Å². The minimum absolute atomic E-state index is 0.0160. The summed E-state index contributed by atoms with van der Waals surface area (Å²) in [5.41, 5.74) is 1.16. The summed E-state index contributed by atoms with van der Waals surface area (Å²) < 4.78 is 10.7. The van der Waals surface area contributed by atoms with Gasteiger partial charge >= 0.3 is 0 Å². The highest BCUT2D eigenvalue weighted by atomic mass is 16.7. The van der Waals surface area contributed by atoms with Gasteiger partial charge in [-0.15, -0.1) is 0 Å². The highest BCUT2D eigenvalue weighted by Crippen LogP contribution is 2.15. The van der Waals surface area contributed by atoms with Gasteiger partial charge in [0.05, 0.1) is 13.2 Å². The number of allylic oxidation sites excluding steroid dienone is 2. The maximum atomic E-state index is 10.6. The first-order chi connectivity index (χ1) is 8.18. The Kier molecular flexibility index (Phi) is 6.58. The lowest BCUT2D eigenvalue weighted by molar-refractivity contribution is -0.118. The van der Waals surface area contributed by atoms with Gasteiger partial charge in [0.2, 0.25) is 5.91 Å². The Balaban J connectivity index is 2.00. The largest absolute Gasteiger partial charge is 0.350 e. The highest BCUT2D eigenvalue weighted by Gasteiger charge is 2.14. The number of rotatable bonds is 7. The zero-order chi connectivity index (χ0) is 12.5. The second-order valence-electron chi connectivity index (χ2n) is 4.12. The molecule has 4 heteroatoms. The van der Waals surface area contributed by atoms with Crippen molar-refractivity contribution in [2.24, 2.45) is 0 Å². The SMILES string of the molecule is C=C(C/C=C/NC(C)=O)CCCC1OCCO1. The molecule has 0 atom stereocenters. The van der Waals surface area contributed by atoms with E-state index in [1.807, 2.05) is 6.08 Å².